The van der Waals surface area contributed by atoms with Crippen LogP contribution in [0.1, 0.15) is 12.5 Å². The first-order valence-corrected chi connectivity index (χ1v) is 10.9. The van der Waals surface area contributed by atoms with E-state index < -0.39 is 9.84 Å². The van der Waals surface area contributed by atoms with Gasteiger partial charge in [0.2, 0.25) is 6.79 Å². The van der Waals surface area contributed by atoms with Crippen molar-refractivity contribution in [3.05, 3.63) is 54.1 Å². The third kappa shape index (κ3) is 6.77. The van der Waals surface area contributed by atoms with Crippen molar-refractivity contribution >= 4 is 39.8 Å². The van der Waals surface area contributed by atoms with Crippen LogP contribution >= 0.6 is 24.0 Å². The van der Waals surface area contributed by atoms with Gasteiger partial charge in [0.15, 0.2) is 27.3 Å². The van der Waals surface area contributed by atoms with Crippen LogP contribution in [0.5, 0.6) is 11.5 Å². The van der Waals surface area contributed by atoms with E-state index in [1.807, 2.05) is 25.1 Å². The van der Waals surface area contributed by atoms with Crippen LogP contribution in [-0.2, 0) is 16.3 Å². The Morgan fingerprint density at radius 3 is 2.59 bits per heavy atom. The molecular formula is C20H26IN3O4S. The molecule has 0 amide bonds. The van der Waals surface area contributed by atoms with Gasteiger partial charge in [0.1, 0.15) is 0 Å². The van der Waals surface area contributed by atoms with Crippen LogP contribution in [-0.4, -0.2) is 46.6 Å². The Bertz CT molecular complexity index is 921. The molecular weight excluding hydrogens is 505 g/mol. The third-order valence-corrected chi connectivity index (χ3v) is 5.93. The van der Waals surface area contributed by atoms with E-state index in [0.717, 1.165) is 23.5 Å². The summed E-state index contributed by atoms with van der Waals surface area (Å²) in [5.41, 5.74) is 1.12. The number of aliphatic imine (C=N–C) groups is 1. The van der Waals surface area contributed by atoms with Gasteiger partial charge in [-0.05, 0) is 43.2 Å². The summed E-state index contributed by atoms with van der Waals surface area (Å²) < 4.78 is 35.4. The van der Waals surface area contributed by atoms with Gasteiger partial charge in [0.25, 0.3) is 0 Å². The van der Waals surface area contributed by atoms with Crippen molar-refractivity contribution < 1.29 is 17.9 Å². The Morgan fingerprint density at radius 2 is 1.83 bits per heavy atom. The molecule has 0 bridgehead atoms. The van der Waals surface area contributed by atoms with E-state index >= 15 is 0 Å². The fourth-order valence-corrected chi connectivity index (χ4v) is 3.93. The highest BCUT2D eigenvalue weighted by Gasteiger charge is 2.14. The van der Waals surface area contributed by atoms with E-state index in [1.54, 1.807) is 30.3 Å². The van der Waals surface area contributed by atoms with Gasteiger partial charge in [-0.25, -0.2) is 8.42 Å². The first-order chi connectivity index (χ1) is 13.6. The first-order valence-electron chi connectivity index (χ1n) is 9.27. The predicted molar refractivity (Wildman–Crippen MR) is 124 cm³/mol. The van der Waals surface area contributed by atoms with Gasteiger partial charge in [0, 0.05) is 13.1 Å². The van der Waals surface area contributed by atoms with Crippen molar-refractivity contribution in [1.82, 2.24) is 10.6 Å². The number of nitrogens with zero attached hydrogens (tertiary/aromatic N) is 1. The number of benzene rings is 2. The topological polar surface area (TPSA) is 89.0 Å². The first kappa shape index (κ1) is 23.3. The molecule has 2 N–H and O–H groups in total. The number of halogens is 1. The number of sulfone groups is 1. The summed E-state index contributed by atoms with van der Waals surface area (Å²) in [7, 11) is -3.33. The van der Waals surface area contributed by atoms with Gasteiger partial charge >= 0.3 is 0 Å². The third-order valence-electron chi connectivity index (χ3n) is 4.22. The van der Waals surface area contributed by atoms with Crippen LogP contribution < -0.4 is 20.1 Å². The van der Waals surface area contributed by atoms with Crippen molar-refractivity contribution in [3.63, 3.8) is 0 Å². The molecule has 0 aromatic heterocycles. The molecule has 3 rings (SSSR count). The van der Waals surface area contributed by atoms with Gasteiger partial charge in [-0.1, -0.05) is 24.3 Å². The van der Waals surface area contributed by atoms with Crippen LogP contribution in [0.15, 0.2) is 58.4 Å². The molecule has 0 aliphatic carbocycles. The van der Waals surface area contributed by atoms with Crippen LogP contribution in [0, 0.1) is 0 Å². The molecule has 0 unspecified atom stereocenters. The summed E-state index contributed by atoms with van der Waals surface area (Å²) in [6.45, 7) is 3.78. The van der Waals surface area contributed by atoms with Crippen molar-refractivity contribution in [1.29, 1.82) is 0 Å². The highest BCUT2D eigenvalue weighted by molar-refractivity contribution is 14.0. The zero-order valence-electron chi connectivity index (χ0n) is 16.3. The minimum Gasteiger partial charge on any atom is -0.454 e. The number of guanidine groups is 1. The van der Waals surface area contributed by atoms with Gasteiger partial charge in [-0.15, -0.1) is 24.0 Å². The largest absolute Gasteiger partial charge is 0.454 e. The molecule has 0 atom stereocenters. The Morgan fingerprint density at radius 1 is 1.07 bits per heavy atom. The summed E-state index contributed by atoms with van der Waals surface area (Å²) in [5.74, 6) is 2.11. The molecule has 0 radical (unpaired) electrons. The molecule has 29 heavy (non-hydrogen) atoms. The molecule has 2 aromatic carbocycles. The van der Waals surface area contributed by atoms with Crippen molar-refractivity contribution in [2.24, 2.45) is 4.99 Å². The molecule has 0 spiro atoms. The highest BCUT2D eigenvalue weighted by Crippen LogP contribution is 2.32. The molecule has 1 heterocycles. The summed E-state index contributed by atoms with van der Waals surface area (Å²) in [4.78, 5) is 4.71. The SMILES string of the molecule is CCNC(=NCCS(=O)(=O)c1ccccc1)NCCc1ccc2c(c1)OCO2.I. The number of hydrogen-bond donors (Lipinski definition) is 2. The van der Waals surface area contributed by atoms with Gasteiger partial charge in [-0.2, -0.15) is 0 Å². The molecule has 2 aromatic rings. The van der Waals surface area contributed by atoms with E-state index in [2.05, 4.69) is 15.6 Å². The fraction of sp³-hybridized carbons (Fsp3) is 0.350. The number of ether oxygens (including phenoxy) is 2. The quantitative estimate of drug-likeness (QED) is 0.310. The van der Waals surface area contributed by atoms with Crippen molar-refractivity contribution in [2.75, 3.05) is 32.2 Å². The standard InChI is InChI=1S/C20H25N3O4S.HI/c1-2-21-20(23-12-13-28(24,25)17-6-4-3-5-7-17)22-11-10-16-8-9-18-19(14-16)27-15-26-18;/h3-9,14H,2,10-13,15H2,1H3,(H2,21,22,23);1H. The summed E-state index contributed by atoms with van der Waals surface area (Å²) in [5, 5.41) is 6.37. The second-order valence-corrected chi connectivity index (χ2v) is 8.37. The molecule has 0 fully saturated rings. The van der Waals surface area contributed by atoms with Gasteiger partial charge < -0.3 is 20.1 Å². The lowest BCUT2D eigenvalue weighted by Crippen LogP contribution is -2.38. The van der Waals surface area contributed by atoms with Crippen molar-refractivity contribution in [2.45, 2.75) is 18.2 Å². The molecule has 158 valence electrons. The normalized spacial score (nSPS) is 12.9. The number of fused-ring (bicyclic) bond motifs is 1. The lowest BCUT2D eigenvalue weighted by Gasteiger charge is -2.11. The zero-order valence-corrected chi connectivity index (χ0v) is 19.4. The summed E-state index contributed by atoms with van der Waals surface area (Å²) >= 11 is 0. The van der Waals surface area contributed by atoms with Crippen LogP contribution in [0.4, 0.5) is 0 Å². The molecule has 9 heteroatoms. The average Bonchev–Trinajstić information content (AvgIpc) is 3.16. The van der Waals surface area contributed by atoms with Crippen molar-refractivity contribution in [3.8, 4) is 11.5 Å². The Hall–Kier alpha value is -2.01. The van der Waals surface area contributed by atoms with E-state index in [0.29, 0.717) is 23.9 Å². The molecule has 1 aliphatic rings. The Labute approximate surface area is 188 Å². The minimum absolute atomic E-state index is 0. The van der Waals surface area contributed by atoms with Crippen LogP contribution in [0.3, 0.4) is 0 Å². The Kier molecular flexibility index (Phi) is 9.02. The van der Waals surface area contributed by atoms with Gasteiger partial charge in [0.05, 0.1) is 17.2 Å². The monoisotopic (exact) mass is 531 g/mol. The molecule has 0 saturated heterocycles. The number of rotatable bonds is 8. The lowest BCUT2D eigenvalue weighted by molar-refractivity contribution is 0.174. The maximum absolute atomic E-state index is 12.3. The van der Waals surface area contributed by atoms with Crippen LogP contribution in [0.2, 0.25) is 0 Å². The maximum Gasteiger partial charge on any atom is 0.231 e. The second-order valence-electron chi connectivity index (χ2n) is 6.26. The van der Waals surface area contributed by atoms with E-state index in [9.17, 15) is 8.42 Å². The minimum atomic E-state index is -3.33. The van der Waals surface area contributed by atoms with E-state index in [4.69, 9.17) is 9.47 Å². The number of hydrogen-bond acceptors (Lipinski definition) is 5. The molecule has 7 nitrogen and oxygen atoms in total. The van der Waals surface area contributed by atoms with E-state index in [-0.39, 0.29) is 43.1 Å². The molecule has 1 aliphatic heterocycles. The number of nitrogens with one attached hydrogen (secondary N) is 2. The smallest absolute Gasteiger partial charge is 0.231 e. The Balaban J connectivity index is 0.00000300. The zero-order chi connectivity index (χ0) is 19.8. The predicted octanol–water partition coefficient (Wildman–Crippen LogP) is 2.60. The maximum atomic E-state index is 12.3. The lowest BCUT2D eigenvalue weighted by atomic mass is 10.1. The van der Waals surface area contributed by atoms with Gasteiger partial charge in [-0.3, -0.25) is 4.99 Å². The summed E-state index contributed by atoms with van der Waals surface area (Å²) in [6, 6.07) is 14.3. The molecule has 0 saturated carbocycles. The van der Waals surface area contributed by atoms with E-state index in [1.165, 1.54) is 0 Å². The van der Waals surface area contributed by atoms with Crippen LogP contribution in [0.25, 0.3) is 0 Å². The summed E-state index contributed by atoms with van der Waals surface area (Å²) in [6.07, 6.45) is 0.781. The average molecular weight is 531 g/mol. The highest BCUT2D eigenvalue weighted by atomic mass is 127. The second kappa shape index (κ2) is 11.2. The fourth-order valence-electron chi connectivity index (χ4n) is 2.79.